The summed E-state index contributed by atoms with van der Waals surface area (Å²) in [5, 5.41) is 13.1. The Labute approximate surface area is 113 Å². The van der Waals surface area contributed by atoms with Gasteiger partial charge in [0, 0.05) is 24.1 Å². The van der Waals surface area contributed by atoms with Crippen molar-refractivity contribution in [3.63, 3.8) is 0 Å². The molecule has 2 nitrogen and oxygen atoms in total. The molecule has 0 bridgehead atoms. The molecule has 0 aliphatic heterocycles. The van der Waals surface area contributed by atoms with Gasteiger partial charge < -0.3 is 10.4 Å². The molecule has 1 aliphatic carbocycles. The lowest BCUT2D eigenvalue weighted by atomic mass is 9.87. The minimum Gasteiger partial charge on any atom is -0.508 e. The van der Waals surface area contributed by atoms with Gasteiger partial charge in [0.05, 0.1) is 0 Å². The van der Waals surface area contributed by atoms with Crippen LogP contribution in [0.5, 0.6) is 5.75 Å². The molecule has 18 heavy (non-hydrogen) atoms. The molecule has 0 spiro atoms. The van der Waals surface area contributed by atoms with Crippen LogP contribution in [0.3, 0.4) is 0 Å². The fraction of sp³-hybridized carbons (Fsp3) is 0.467. The molecule has 0 saturated heterocycles. The third-order valence-electron chi connectivity index (χ3n) is 3.31. The zero-order chi connectivity index (χ0) is 12.8. The monoisotopic (exact) mass is 263 g/mol. The van der Waals surface area contributed by atoms with Crippen LogP contribution in [0.2, 0.25) is 0 Å². The molecule has 1 atom stereocenters. The molecule has 98 valence electrons. The first kappa shape index (κ1) is 13.5. The summed E-state index contributed by atoms with van der Waals surface area (Å²) < 4.78 is 0. The number of fused-ring (bicyclic) bond motifs is 1. The Hall–Kier alpha value is -0.930. The number of phenolic OH excluding ortho intramolecular Hbond substituents is 1. The molecule has 0 fully saturated rings. The molecule has 2 N–H and O–H groups in total. The van der Waals surface area contributed by atoms with Gasteiger partial charge in [-0.15, -0.1) is 6.58 Å². The average molecular weight is 263 g/mol. The first-order valence-corrected chi connectivity index (χ1v) is 7.70. The Morgan fingerprint density at radius 2 is 2.39 bits per heavy atom. The molecule has 2 rings (SSSR count). The first-order valence-electron chi connectivity index (χ1n) is 6.55. The average Bonchev–Trinajstić information content (AvgIpc) is 2.38. The van der Waals surface area contributed by atoms with Crippen molar-refractivity contribution in [3.8, 4) is 5.75 Å². The number of thioether (sulfide) groups is 1. The highest BCUT2D eigenvalue weighted by atomic mass is 32.2. The Balaban J connectivity index is 1.89. The molecule has 0 radical (unpaired) electrons. The van der Waals surface area contributed by atoms with Crippen molar-refractivity contribution >= 4 is 11.8 Å². The van der Waals surface area contributed by atoms with E-state index in [9.17, 15) is 5.11 Å². The summed E-state index contributed by atoms with van der Waals surface area (Å²) in [5.74, 6) is 2.53. The van der Waals surface area contributed by atoms with Gasteiger partial charge in [-0.05, 0) is 42.5 Å². The topological polar surface area (TPSA) is 32.3 Å². The summed E-state index contributed by atoms with van der Waals surface area (Å²) in [7, 11) is 0. The van der Waals surface area contributed by atoms with Crippen molar-refractivity contribution in [1.82, 2.24) is 5.32 Å². The van der Waals surface area contributed by atoms with Gasteiger partial charge in [-0.2, -0.15) is 11.8 Å². The second-order valence-corrected chi connectivity index (χ2v) is 5.80. The lowest BCUT2D eigenvalue weighted by molar-refractivity contribution is 0.458. The van der Waals surface area contributed by atoms with Crippen LogP contribution in [0.1, 0.15) is 30.0 Å². The maximum absolute atomic E-state index is 9.51. The Bertz CT molecular complexity index is 405. The molecular weight excluding hydrogens is 242 g/mol. The molecule has 0 amide bonds. The predicted molar refractivity (Wildman–Crippen MR) is 79.3 cm³/mol. The highest BCUT2D eigenvalue weighted by Gasteiger charge is 2.19. The van der Waals surface area contributed by atoms with Crippen LogP contribution < -0.4 is 5.32 Å². The Morgan fingerprint density at radius 1 is 1.50 bits per heavy atom. The van der Waals surface area contributed by atoms with Gasteiger partial charge in [0.25, 0.3) is 0 Å². The van der Waals surface area contributed by atoms with E-state index in [1.165, 1.54) is 24.0 Å². The normalized spacial score (nSPS) is 18.3. The molecule has 1 unspecified atom stereocenters. The molecule has 1 aromatic carbocycles. The van der Waals surface area contributed by atoms with Crippen LogP contribution in [0.4, 0.5) is 0 Å². The van der Waals surface area contributed by atoms with E-state index in [4.69, 9.17) is 0 Å². The molecular formula is C15H21NOS. The molecule has 1 aliphatic rings. The number of hydrogen-bond acceptors (Lipinski definition) is 3. The van der Waals surface area contributed by atoms with Crippen molar-refractivity contribution in [1.29, 1.82) is 0 Å². The number of benzene rings is 1. The second kappa shape index (κ2) is 6.86. The van der Waals surface area contributed by atoms with Crippen LogP contribution in [-0.2, 0) is 6.42 Å². The van der Waals surface area contributed by atoms with Crippen LogP contribution in [-0.4, -0.2) is 23.2 Å². The first-order chi connectivity index (χ1) is 8.81. The van der Waals surface area contributed by atoms with E-state index in [1.807, 2.05) is 23.9 Å². The molecule has 3 heteroatoms. The van der Waals surface area contributed by atoms with E-state index < -0.39 is 0 Å². The van der Waals surface area contributed by atoms with E-state index in [1.54, 1.807) is 6.07 Å². The van der Waals surface area contributed by atoms with Crippen molar-refractivity contribution in [2.24, 2.45) is 0 Å². The smallest absolute Gasteiger partial charge is 0.115 e. The fourth-order valence-corrected chi connectivity index (χ4v) is 3.08. The second-order valence-electron chi connectivity index (χ2n) is 4.65. The largest absolute Gasteiger partial charge is 0.508 e. The number of hydrogen-bond donors (Lipinski definition) is 2. The van der Waals surface area contributed by atoms with Crippen LogP contribution in [0.25, 0.3) is 0 Å². The van der Waals surface area contributed by atoms with Crippen molar-refractivity contribution < 1.29 is 5.11 Å². The van der Waals surface area contributed by atoms with Crippen molar-refractivity contribution in [3.05, 3.63) is 42.0 Å². The van der Waals surface area contributed by atoms with Crippen LogP contribution >= 0.6 is 11.8 Å². The number of aromatic hydroxyl groups is 1. The zero-order valence-electron chi connectivity index (χ0n) is 10.7. The molecule has 1 aromatic rings. The van der Waals surface area contributed by atoms with Crippen LogP contribution in [0.15, 0.2) is 30.9 Å². The number of phenols is 1. The zero-order valence-corrected chi connectivity index (χ0v) is 11.5. The number of nitrogens with one attached hydrogen (secondary N) is 1. The van der Waals surface area contributed by atoms with Crippen LogP contribution in [0, 0.1) is 0 Å². The van der Waals surface area contributed by atoms with Gasteiger partial charge in [0.2, 0.25) is 0 Å². The van der Waals surface area contributed by atoms with Gasteiger partial charge in [-0.3, -0.25) is 0 Å². The van der Waals surface area contributed by atoms with Gasteiger partial charge in [-0.25, -0.2) is 0 Å². The highest BCUT2D eigenvalue weighted by molar-refractivity contribution is 7.99. The SMILES string of the molecule is C=CCSCCNC1CCCc2cc(O)ccc21. The summed E-state index contributed by atoms with van der Waals surface area (Å²) in [6.07, 6.45) is 5.44. The molecule has 0 heterocycles. The predicted octanol–water partition coefficient (Wildman–Crippen LogP) is 3.28. The van der Waals surface area contributed by atoms with E-state index >= 15 is 0 Å². The molecule has 0 saturated carbocycles. The van der Waals surface area contributed by atoms with E-state index in [-0.39, 0.29) is 0 Å². The lowest BCUT2D eigenvalue weighted by Gasteiger charge is -2.26. The third-order valence-corrected chi connectivity index (χ3v) is 4.28. The van der Waals surface area contributed by atoms with E-state index in [2.05, 4.69) is 18.0 Å². The van der Waals surface area contributed by atoms with Gasteiger partial charge in [0.15, 0.2) is 0 Å². The Morgan fingerprint density at radius 3 is 3.22 bits per heavy atom. The Kier molecular flexibility index (Phi) is 5.14. The highest BCUT2D eigenvalue weighted by Crippen LogP contribution is 2.31. The summed E-state index contributed by atoms with van der Waals surface area (Å²) in [6, 6.07) is 6.23. The third kappa shape index (κ3) is 3.53. The minimum absolute atomic E-state index is 0.385. The van der Waals surface area contributed by atoms with Gasteiger partial charge in [-0.1, -0.05) is 12.1 Å². The summed E-state index contributed by atoms with van der Waals surface area (Å²) >= 11 is 1.91. The minimum atomic E-state index is 0.385. The number of rotatable bonds is 6. The van der Waals surface area contributed by atoms with Crippen molar-refractivity contribution in [2.75, 3.05) is 18.1 Å². The van der Waals surface area contributed by atoms with E-state index in [0.29, 0.717) is 11.8 Å². The van der Waals surface area contributed by atoms with E-state index in [0.717, 1.165) is 24.5 Å². The lowest BCUT2D eigenvalue weighted by Crippen LogP contribution is -2.27. The molecule has 0 aromatic heterocycles. The fourth-order valence-electron chi connectivity index (χ4n) is 2.48. The summed E-state index contributed by atoms with van der Waals surface area (Å²) in [4.78, 5) is 0. The van der Waals surface area contributed by atoms with Gasteiger partial charge >= 0.3 is 0 Å². The maximum atomic E-state index is 9.51. The van der Waals surface area contributed by atoms with Gasteiger partial charge in [0.1, 0.15) is 5.75 Å². The quantitative estimate of drug-likeness (QED) is 0.610. The number of aryl methyl sites for hydroxylation is 1. The van der Waals surface area contributed by atoms with Crippen molar-refractivity contribution in [2.45, 2.75) is 25.3 Å². The summed E-state index contributed by atoms with van der Waals surface area (Å²) in [6.45, 7) is 4.75. The maximum Gasteiger partial charge on any atom is 0.115 e. The summed E-state index contributed by atoms with van der Waals surface area (Å²) in [5.41, 5.74) is 2.67. The standard InChI is InChI=1S/C15H21NOS/c1-2-9-18-10-8-16-15-5-3-4-12-11-13(17)6-7-14(12)15/h2,6-7,11,15-17H,1,3-5,8-10H2.